The topological polar surface area (TPSA) is 184 Å². The van der Waals surface area contributed by atoms with Gasteiger partial charge in [0.25, 0.3) is 5.56 Å². The number of halogens is 1. The van der Waals surface area contributed by atoms with E-state index in [0.29, 0.717) is 0 Å². The maximum Gasteiger partial charge on any atom is 0.346 e. The molecule has 2 heterocycles. The van der Waals surface area contributed by atoms with Crippen LogP contribution >= 0.6 is 0 Å². The van der Waals surface area contributed by atoms with Gasteiger partial charge in [0.15, 0.2) is 5.82 Å². The zero-order valence-corrected chi connectivity index (χ0v) is 14.3. The number of hydrogen-bond acceptors (Lipinski definition) is 7. The van der Waals surface area contributed by atoms with Gasteiger partial charge >= 0.3 is 11.4 Å². The number of anilines is 2. The third-order valence-corrected chi connectivity index (χ3v) is 1.87. The number of carbonyl (C=O) groups excluding carboxylic acids is 1. The minimum absolute atomic E-state index is 0.0938. The Morgan fingerprint density at radius 3 is 2.20 bits per heavy atom. The van der Waals surface area contributed by atoms with E-state index in [0.717, 1.165) is 12.3 Å². The van der Waals surface area contributed by atoms with Crippen molar-refractivity contribution in [1.82, 2.24) is 19.9 Å². The lowest BCUT2D eigenvalue weighted by molar-refractivity contribution is -0.114. The maximum atomic E-state index is 12.1. The molecule has 13 heteroatoms. The molecule has 0 unspecified atom stereocenters. The van der Waals surface area contributed by atoms with Crippen LogP contribution in [0.1, 0.15) is 6.92 Å². The van der Waals surface area contributed by atoms with Crippen LogP contribution in [-0.2, 0) is 15.6 Å². The van der Waals surface area contributed by atoms with Gasteiger partial charge < -0.3 is 11.1 Å². The second-order valence-electron chi connectivity index (χ2n) is 4.37. The predicted octanol–water partition coefficient (Wildman–Crippen LogP) is -1.49. The number of hydrogen-bond donors (Lipinski definition) is 5. The minimum Gasteiger partial charge on any atom is -0.383 e. The maximum absolute atomic E-state index is 12.1. The van der Waals surface area contributed by atoms with Crippen molar-refractivity contribution in [2.24, 2.45) is 0 Å². The van der Waals surface area contributed by atoms with Gasteiger partial charge in [-0.15, -0.1) is 0 Å². The Balaban J connectivity index is 0.000000391. The SMILES string of the molecule is CC(=O)Nc1cc(=O)[nH]c(=O)[nH]1.CS(C)=O.Nc1[nH]c(=O)ncc1F. The number of amides is 1. The predicted molar refractivity (Wildman–Crippen MR) is 91.2 cm³/mol. The van der Waals surface area contributed by atoms with Crippen molar-refractivity contribution in [2.75, 3.05) is 23.6 Å². The molecule has 0 saturated carbocycles. The average Bonchev–Trinajstić information content (AvgIpc) is 2.41. The van der Waals surface area contributed by atoms with Crippen molar-refractivity contribution in [2.45, 2.75) is 6.92 Å². The first kappa shape index (κ1) is 21.9. The summed E-state index contributed by atoms with van der Waals surface area (Å²) in [6, 6.07) is 1.09. The number of nitrogens with two attached hydrogens (primary N) is 1. The number of H-pyrrole nitrogens is 3. The summed E-state index contributed by atoms with van der Waals surface area (Å²) in [6.45, 7) is 1.28. The molecule has 0 radical (unpaired) electrons. The molecule has 0 aliphatic heterocycles. The third-order valence-electron chi connectivity index (χ3n) is 1.87. The van der Waals surface area contributed by atoms with E-state index in [2.05, 4.69) is 15.3 Å². The molecular formula is C12H17FN6O5S. The molecule has 0 aliphatic carbocycles. The molecule has 11 nitrogen and oxygen atoms in total. The highest BCUT2D eigenvalue weighted by molar-refractivity contribution is 7.83. The van der Waals surface area contributed by atoms with Crippen LogP contribution in [0.4, 0.5) is 16.0 Å². The van der Waals surface area contributed by atoms with Crippen LogP contribution < -0.4 is 28.0 Å². The Labute approximate surface area is 142 Å². The summed E-state index contributed by atoms with van der Waals surface area (Å²) >= 11 is 0. The van der Waals surface area contributed by atoms with Crippen LogP contribution in [0, 0.1) is 5.82 Å². The van der Waals surface area contributed by atoms with Gasteiger partial charge in [0.05, 0.1) is 6.20 Å². The van der Waals surface area contributed by atoms with Crippen LogP contribution in [0.5, 0.6) is 0 Å². The fourth-order valence-electron chi connectivity index (χ4n) is 1.12. The molecule has 0 fully saturated rings. The van der Waals surface area contributed by atoms with Crippen molar-refractivity contribution in [1.29, 1.82) is 0 Å². The number of carbonyl (C=O) groups is 1. The van der Waals surface area contributed by atoms with Crippen LogP contribution in [0.2, 0.25) is 0 Å². The van der Waals surface area contributed by atoms with Gasteiger partial charge in [0.1, 0.15) is 11.6 Å². The van der Waals surface area contributed by atoms with E-state index in [1.807, 2.05) is 9.97 Å². The molecule has 1 amide bonds. The van der Waals surface area contributed by atoms with E-state index < -0.39 is 33.6 Å². The average molecular weight is 376 g/mol. The number of aromatic nitrogens is 4. The summed E-state index contributed by atoms with van der Waals surface area (Å²) in [5.74, 6) is -1.25. The first-order chi connectivity index (χ1) is 11.5. The van der Waals surface area contributed by atoms with Gasteiger partial charge in [0, 0.05) is 36.3 Å². The second-order valence-corrected chi connectivity index (χ2v) is 5.86. The molecule has 0 aliphatic rings. The molecule has 2 aromatic rings. The van der Waals surface area contributed by atoms with Crippen molar-refractivity contribution in [3.8, 4) is 0 Å². The molecule has 2 aromatic heterocycles. The molecule has 0 aromatic carbocycles. The van der Waals surface area contributed by atoms with Crippen LogP contribution in [0.3, 0.4) is 0 Å². The van der Waals surface area contributed by atoms with Gasteiger partial charge in [-0.25, -0.2) is 14.0 Å². The van der Waals surface area contributed by atoms with Gasteiger partial charge in [-0.05, 0) is 0 Å². The Kier molecular flexibility index (Phi) is 9.33. The molecule has 138 valence electrons. The summed E-state index contributed by atoms with van der Waals surface area (Å²) in [4.78, 5) is 51.3. The van der Waals surface area contributed by atoms with Gasteiger partial charge in [-0.3, -0.25) is 28.7 Å². The Bertz CT molecular complexity index is 873. The lowest BCUT2D eigenvalue weighted by Gasteiger charge is -1.98. The Hall–Kier alpha value is -3.09. The van der Waals surface area contributed by atoms with Crippen LogP contribution in [0.25, 0.3) is 0 Å². The largest absolute Gasteiger partial charge is 0.383 e. The number of rotatable bonds is 1. The van der Waals surface area contributed by atoms with E-state index in [1.54, 1.807) is 12.5 Å². The highest BCUT2D eigenvalue weighted by atomic mass is 32.2. The van der Waals surface area contributed by atoms with Crippen molar-refractivity contribution in [3.63, 3.8) is 0 Å². The highest BCUT2D eigenvalue weighted by Crippen LogP contribution is 1.97. The minimum atomic E-state index is -0.713. The summed E-state index contributed by atoms with van der Waals surface area (Å²) in [7, 11) is -0.611. The molecule has 6 N–H and O–H groups in total. The lowest BCUT2D eigenvalue weighted by atomic mass is 10.5. The zero-order valence-electron chi connectivity index (χ0n) is 13.5. The number of nitrogen functional groups attached to an aromatic ring is 1. The quantitative estimate of drug-likeness (QED) is 0.401. The first-order valence-electron chi connectivity index (χ1n) is 6.38. The number of aromatic amines is 3. The van der Waals surface area contributed by atoms with Crippen LogP contribution in [-0.4, -0.2) is 42.6 Å². The molecule has 2 rings (SSSR count). The van der Waals surface area contributed by atoms with Gasteiger partial charge in [0.2, 0.25) is 5.91 Å². The molecule has 25 heavy (non-hydrogen) atoms. The van der Waals surface area contributed by atoms with E-state index >= 15 is 0 Å². The molecule has 0 spiro atoms. The third kappa shape index (κ3) is 11.1. The lowest BCUT2D eigenvalue weighted by Crippen LogP contribution is -2.23. The van der Waals surface area contributed by atoms with E-state index in [4.69, 9.17) is 5.73 Å². The monoisotopic (exact) mass is 376 g/mol. The Morgan fingerprint density at radius 1 is 1.24 bits per heavy atom. The first-order valence-corrected chi connectivity index (χ1v) is 8.34. The number of nitrogens with zero attached hydrogens (tertiary/aromatic N) is 1. The standard InChI is InChI=1S/C6H7N3O3.C4H4FN3O.C2H6OS/c1-3(10)7-4-2-5(11)9-6(12)8-4;5-2-1-7-4(9)8-3(2)6;1-4(2)3/h2H,1H3,(H3,7,8,9,10,11,12);1H,(H3,6,7,8,9);1-2H3. The summed E-state index contributed by atoms with van der Waals surface area (Å²) in [6.07, 6.45) is 4.05. The smallest absolute Gasteiger partial charge is 0.346 e. The molecule has 0 bridgehead atoms. The zero-order chi connectivity index (χ0) is 19.6. The number of nitrogens with one attached hydrogen (secondary N) is 4. The van der Waals surface area contributed by atoms with Crippen molar-refractivity contribution in [3.05, 3.63) is 49.4 Å². The van der Waals surface area contributed by atoms with E-state index in [-0.39, 0.29) is 17.5 Å². The van der Waals surface area contributed by atoms with E-state index in [1.165, 1.54) is 6.92 Å². The van der Waals surface area contributed by atoms with Gasteiger partial charge in [-0.2, -0.15) is 4.98 Å². The normalized spacial score (nSPS) is 9.32. The summed E-state index contributed by atoms with van der Waals surface area (Å²) in [5.41, 5.74) is 3.11. The molecular weight excluding hydrogens is 359 g/mol. The Morgan fingerprint density at radius 2 is 1.80 bits per heavy atom. The summed E-state index contributed by atoms with van der Waals surface area (Å²) < 4.78 is 21.7. The summed E-state index contributed by atoms with van der Waals surface area (Å²) in [5, 5.41) is 2.27. The van der Waals surface area contributed by atoms with Crippen molar-refractivity contribution < 1.29 is 13.4 Å². The second kappa shape index (κ2) is 10.6. The van der Waals surface area contributed by atoms with E-state index in [9.17, 15) is 27.8 Å². The van der Waals surface area contributed by atoms with Crippen LogP contribution in [0.15, 0.2) is 26.6 Å². The van der Waals surface area contributed by atoms with Gasteiger partial charge in [-0.1, -0.05) is 0 Å². The fourth-order valence-corrected chi connectivity index (χ4v) is 1.12. The van der Waals surface area contributed by atoms with Crippen molar-refractivity contribution >= 4 is 28.3 Å². The fraction of sp³-hybridized carbons (Fsp3) is 0.250. The highest BCUT2D eigenvalue weighted by Gasteiger charge is 1.97. The molecule has 0 saturated heterocycles. The molecule has 0 atom stereocenters.